The highest BCUT2D eigenvalue weighted by Gasteiger charge is 2.18. The molecule has 0 radical (unpaired) electrons. The standard InChI is InChI=1S/C15H22N2O2/c1-10(2)12-8-11(4-5-14(12)19-3)13-9-17-15(18)6-7-16-13/h4-5,8,10,13,16H,6-7,9H2,1-3H3,(H,17,18). The van der Waals surface area contributed by atoms with Gasteiger partial charge in [-0.3, -0.25) is 4.79 Å². The van der Waals surface area contributed by atoms with E-state index >= 15 is 0 Å². The van der Waals surface area contributed by atoms with Crippen LogP contribution in [-0.2, 0) is 4.79 Å². The zero-order valence-corrected chi connectivity index (χ0v) is 11.8. The van der Waals surface area contributed by atoms with Gasteiger partial charge in [-0.05, 0) is 23.1 Å². The molecular weight excluding hydrogens is 240 g/mol. The molecule has 19 heavy (non-hydrogen) atoms. The Labute approximate surface area is 114 Å². The predicted octanol–water partition coefficient (Wildman–Crippen LogP) is 1.97. The van der Waals surface area contributed by atoms with Crippen LogP contribution in [0.15, 0.2) is 18.2 Å². The van der Waals surface area contributed by atoms with Crippen LogP contribution in [0.4, 0.5) is 0 Å². The number of carbonyl (C=O) groups is 1. The molecule has 0 saturated carbocycles. The maximum atomic E-state index is 11.4. The van der Waals surface area contributed by atoms with Crippen molar-refractivity contribution in [2.75, 3.05) is 20.2 Å². The van der Waals surface area contributed by atoms with E-state index in [9.17, 15) is 4.79 Å². The minimum Gasteiger partial charge on any atom is -0.496 e. The van der Waals surface area contributed by atoms with Crippen molar-refractivity contribution in [3.8, 4) is 5.75 Å². The number of nitrogens with one attached hydrogen (secondary N) is 2. The molecule has 0 spiro atoms. The van der Waals surface area contributed by atoms with Gasteiger partial charge in [0, 0.05) is 25.6 Å². The third-order valence-electron chi connectivity index (χ3n) is 3.52. The van der Waals surface area contributed by atoms with Crippen molar-refractivity contribution in [2.24, 2.45) is 0 Å². The molecule has 1 aromatic carbocycles. The van der Waals surface area contributed by atoms with Gasteiger partial charge in [0.1, 0.15) is 5.75 Å². The van der Waals surface area contributed by atoms with Gasteiger partial charge in [-0.1, -0.05) is 26.0 Å². The molecule has 1 aromatic rings. The lowest BCUT2D eigenvalue weighted by Crippen LogP contribution is -2.29. The molecule has 0 aliphatic carbocycles. The molecule has 1 heterocycles. The summed E-state index contributed by atoms with van der Waals surface area (Å²) in [6.45, 7) is 5.68. The first kappa shape index (κ1) is 13.9. The zero-order chi connectivity index (χ0) is 13.8. The summed E-state index contributed by atoms with van der Waals surface area (Å²) in [5.74, 6) is 1.46. The maximum Gasteiger partial charge on any atom is 0.221 e. The number of benzene rings is 1. The second-order valence-corrected chi connectivity index (χ2v) is 5.22. The third kappa shape index (κ3) is 3.26. The van der Waals surface area contributed by atoms with Crippen molar-refractivity contribution >= 4 is 5.91 Å². The average molecular weight is 262 g/mol. The van der Waals surface area contributed by atoms with Gasteiger partial charge in [0.05, 0.1) is 7.11 Å². The normalized spacial score (nSPS) is 20.0. The highest BCUT2D eigenvalue weighted by molar-refractivity contribution is 5.76. The Balaban J connectivity index is 2.24. The quantitative estimate of drug-likeness (QED) is 0.875. The largest absolute Gasteiger partial charge is 0.496 e. The highest BCUT2D eigenvalue weighted by atomic mass is 16.5. The van der Waals surface area contributed by atoms with E-state index in [1.807, 2.05) is 6.07 Å². The van der Waals surface area contributed by atoms with Crippen LogP contribution in [0.1, 0.15) is 43.4 Å². The molecule has 1 atom stereocenters. The van der Waals surface area contributed by atoms with Crippen LogP contribution in [0.5, 0.6) is 5.75 Å². The smallest absolute Gasteiger partial charge is 0.221 e. The zero-order valence-electron chi connectivity index (χ0n) is 11.8. The molecule has 4 nitrogen and oxygen atoms in total. The predicted molar refractivity (Wildman–Crippen MR) is 75.5 cm³/mol. The first-order valence-corrected chi connectivity index (χ1v) is 6.79. The third-order valence-corrected chi connectivity index (χ3v) is 3.52. The summed E-state index contributed by atoms with van der Waals surface area (Å²) < 4.78 is 5.40. The SMILES string of the molecule is COc1ccc(C2CNC(=O)CCN2)cc1C(C)C. The maximum absolute atomic E-state index is 11.4. The van der Waals surface area contributed by atoms with Gasteiger partial charge in [0.15, 0.2) is 0 Å². The number of hydrogen-bond donors (Lipinski definition) is 2. The molecule has 104 valence electrons. The van der Waals surface area contributed by atoms with Gasteiger partial charge in [-0.15, -0.1) is 0 Å². The molecule has 4 heteroatoms. The van der Waals surface area contributed by atoms with Crippen LogP contribution >= 0.6 is 0 Å². The van der Waals surface area contributed by atoms with E-state index in [0.717, 1.165) is 12.3 Å². The van der Waals surface area contributed by atoms with Crippen LogP contribution < -0.4 is 15.4 Å². The average Bonchev–Trinajstić information content (AvgIpc) is 2.62. The molecular formula is C15H22N2O2. The summed E-state index contributed by atoms with van der Waals surface area (Å²) >= 11 is 0. The lowest BCUT2D eigenvalue weighted by atomic mass is 9.96. The molecule has 1 amide bonds. The van der Waals surface area contributed by atoms with E-state index in [0.29, 0.717) is 18.9 Å². The van der Waals surface area contributed by atoms with E-state index in [1.165, 1.54) is 11.1 Å². The number of amides is 1. The van der Waals surface area contributed by atoms with Crippen LogP contribution in [-0.4, -0.2) is 26.1 Å². The van der Waals surface area contributed by atoms with Crippen LogP contribution in [0, 0.1) is 0 Å². The van der Waals surface area contributed by atoms with Crippen molar-refractivity contribution < 1.29 is 9.53 Å². The fourth-order valence-corrected chi connectivity index (χ4v) is 2.39. The van der Waals surface area contributed by atoms with Gasteiger partial charge in [-0.2, -0.15) is 0 Å². The van der Waals surface area contributed by atoms with E-state index in [2.05, 4.69) is 36.6 Å². The fraction of sp³-hybridized carbons (Fsp3) is 0.533. The molecule has 1 fully saturated rings. The second kappa shape index (κ2) is 6.06. The monoisotopic (exact) mass is 262 g/mol. The summed E-state index contributed by atoms with van der Waals surface area (Å²) in [7, 11) is 1.70. The molecule has 0 bridgehead atoms. The van der Waals surface area contributed by atoms with Gasteiger partial charge >= 0.3 is 0 Å². The fourth-order valence-electron chi connectivity index (χ4n) is 2.39. The summed E-state index contributed by atoms with van der Waals surface area (Å²) in [6, 6.07) is 6.44. The molecule has 1 saturated heterocycles. The van der Waals surface area contributed by atoms with Crippen molar-refractivity contribution in [1.82, 2.24) is 10.6 Å². The van der Waals surface area contributed by atoms with Crippen molar-refractivity contribution in [3.05, 3.63) is 29.3 Å². The van der Waals surface area contributed by atoms with Crippen LogP contribution in [0.3, 0.4) is 0 Å². The Morgan fingerprint density at radius 1 is 1.37 bits per heavy atom. The summed E-state index contributed by atoms with van der Waals surface area (Å²) in [5.41, 5.74) is 2.41. The second-order valence-electron chi connectivity index (χ2n) is 5.22. The first-order chi connectivity index (χ1) is 9.11. The van der Waals surface area contributed by atoms with E-state index in [1.54, 1.807) is 7.11 Å². The summed E-state index contributed by atoms with van der Waals surface area (Å²) in [6.07, 6.45) is 0.545. The van der Waals surface area contributed by atoms with Crippen LogP contribution in [0.2, 0.25) is 0 Å². The molecule has 1 aliphatic rings. The van der Waals surface area contributed by atoms with Crippen LogP contribution in [0.25, 0.3) is 0 Å². The Hall–Kier alpha value is -1.55. The van der Waals surface area contributed by atoms with Gasteiger partial charge in [-0.25, -0.2) is 0 Å². The first-order valence-electron chi connectivity index (χ1n) is 6.79. The van der Waals surface area contributed by atoms with Crippen molar-refractivity contribution in [3.63, 3.8) is 0 Å². The molecule has 1 unspecified atom stereocenters. The summed E-state index contributed by atoms with van der Waals surface area (Å²) in [4.78, 5) is 11.4. The topological polar surface area (TPSA) is 50.4 Å². The van der Waals surface area contributed by atoms with Gasteiger partial charge in [0.2, 0.25) is 5.91 Å². The number of carbonyl (C=O) groups excluding carboxylic acids is 1. The number of ether oxygens (including phenoxy) is 1. The molecule has 2 rings (SSSR count). The van der Waals surface area contributed by atoms with Gasteiger partial charge in [0.25, 0.3) is 0 Å². The Kier molecular flexibility index (Phi) is 4.43. The Bertz CT molecular complexity index is 457. The van der Waals surface area contributed by atoms with E-state index in [4.69, 9.17) is 4.74 Å². The summed E-state index contributed by atoms with van der Waals surface area (Å²) in [5, 5.41) is 6.35. The van der Waals surface area contributed by atoms with Crippen molar-refractivity contribution in [2.45, 2.75) is 32.2 Å². The van der Waals surface area contributed by atoms with Gasteiger partial charge < -0.3 is 15.4 Å². The van der Waals surface area contributed by atoms with E-state index < -0.39 is 0 Å². The Morgan fingerprint density at radius 2 is 2.16 bits per heavy atom. The molecule has 2 N–H and O–H groups in total. The molecule has 0 aromatic heterocycles. The lowest BCUT2D eigenvalue weighted by molar-refractivity contribution is -0.120. The number of rotatable bonds is 3. The van der Waals surface area contributed by atoms with Crippen molar-refractivity contribution in [1.29, 1.82) is 0 Å². The number of hydrogen-bond acceptors (Lipinski definition) is 3. The minimum atomic E-state index is 0.118. The minimum absolute atomic E-state index is 0.118. The number of methoxy groups -OCH3 is 1. The Morgan fingerprint density at radius 3 is 2.84 bits per heavy atom. The lowest BCUT2D eigenvalue weighted by Gasteiger charge is -2.19. The molecule has 1 aliphatic heterocycles. The highest BCUT2D eigenvalue weighted by Crippen LogP contribution is 2.29. The van der Waals surface area contributed by atoms with E-state index in [-0.39, 0.29) is 11.9 Å².